The first-order chi connectivity index (χ1) is 8.86. The van der Waals surface area contributed by atoms with Crippen molar-refractivity contribution in [3.63, 3.8) is 0 Å². The van der Waals surface area contributed by atoms with E-state index in [4.69, 9.17) is 5.73 Å². The van der Waals surface area contributed by atoms with Gasteiger partial charge in [-0.25, -0.2) is 9.78 Å². The van der Waals surface area contributed by atoms with Gasteiger partial charge >= 0.3 is 12.2 Å². The summed E-state index contributed by atoms with van der Waals surface area (Å²) < 4.78 is 37.2. The highest BCUT2D eigenvalue weighted by Gasteiger charge is 2.31. The first kappa shape index (κ1) is 13.4. The number of amides is 2. The molecule has 2 rings (SSSR count). The van der Waals surface area contributed by atoms with Crippen molar-refractivity contribution in [1.29, 1.82) is 0 Å². The maximum atomic E-state index is 12.4. The predicted octanol–water partition coefficient (Wildman–Crippen LogP) is 1.35. The van der Waals surface area contributed by atoms with Crippen LogP contribution in [0.4, 0.5) is 23.8 Å². The summed E-state index contributed by atoms with van der Waals surface area (Å²) in [5.41, 5.74) is 4.24. The van der Waals surface area contributed by atoms with Crippen molar-refractivity contribution >= 4 is 11.8 Å². The number of aromatic nitrogens is 1. The Hall–Kier alpha value is -1.99. The number of anilines is 1. The molecule has 2 amide bonds. The summed E-state index contributed by atoms with van der Waals surface area (Å²) >= 11 is 0. The summed E-state index contributed by atoms with van der Waals surface area (Å²) in [4.78, 5) is 16.3. The van der Waals surface area contributed by atoms with Gasteiger partial charge in [0.25, 0.3) is 0 Å². The molecular weight excluding hydrogens is 261 g/mol. The van der Waals surface area contributed by atoms with E-state index in [0.29, 0.717) is 25.3 Å². The second kappa shape index (κ2) is 4.94. The van der Waals surface area contributed by atoms with E-state index in [1.165, 1.54) is 6.07 Å². The molecular formula is C11H13F3N4O. The van der Waals surface area contributed by atoms with Gasteiger partial charge in [0.1, 0.15) is 5.82 Å². The van der Waals surface area contributed by atoms with E-state index in [0.717, 1.165) is 12.3 Å². The molecule has 2 heterocycles. The topological polar surface area (TPSA) is 71.2 Å². The lowest BCUT2D eigenvalue weighted by Crippen LogP contribution is -2.40. The zero-order valence-electron chi connectivity index (χ0n) is 9.94. The molecule has 1 atom stereocenters. The molecule has 1 aliphatic heterocycles. The zero-order valence-corrected chi connectivity index (χ0v) is 9.94. The maximum absolute atomic E-state index is 12.4. The molecule has 0 aliphatic carbocycles. The fourth-order valence-corrected chi connectivity index (χ4v) is 2.03. The molecule has 0 aromatic carbocycles. The average molecular weight is 274 g/mol. The van der Waals surface area contributed by atoms with Gasteiger partial charge in [0, 0.05) is 25.3 Å². The van der Waals surface area contributed by atoms with Crippen molar-refractivity contribution in [3.05, 3.63) is 23.9 Å². The number of nitrogens with zero attached hydrogens (tertiary/aromatic N) is 2. The molecule has 1 aromatic rings. The van der Waals surface area contributed by atoms with Gasteiger partial charge in [-0.3, -0.25) is 0 Å². The van der Waals surface area contributed by atoms with Gasteiger partial charge in [0.05, 0.1) is 5.56 Å². The number of hydrogen-bond donors (Lipinski definition) is 2. The molecule has 19 heavy (non-hydrogen) atoms. The van der Waals surface area contributed by atoms with Crippen LogP contribution in [0.5, 0.6) is 0 Å². The monoisotopic (exact) mass is 274 g/mol. The molecule has 0 unspecified atom stereocenters. The number of primary amides is 1. The molecule has 5 nitrogen and oxygen atoms in total. The molecule has 0 saturated carbocycles. The van der Waals surface area contributed by atoms with Gasteiger partial charge in [0.2, 0.25) is 0 Å². The Balaban J connectivity index is 2.02. The van der Waals surface area contributed by atoms with Crippen LogP contribution in [0.15, 0.2) is 18.3 Å². The molecule has 3 N–H and O–H groups in total. The zero-order chi connectivity index (χ0) is 14.0. The van der Waals surface area contributed by atoms with E-state index >= 15 is 0 Å². The van der Waals surface area contributed by atoms with E-state index in [1.54, 1.807) is 4.90 Å². The molecule has 104 valence electrons. The van der Waals surface area contributed by atoms with Crippen LogP contribution in [0.25, 0.3) is 0 Å². The minimum absolute atomic E-state index is 0.0957. The molecule has 1 aliphatic rings. The number of carbonyl (C=O) groups is 1. The van der Waals surface area contributed by atoms with Crippen molar-refractivity contribution < 1.29 is 18.0 Å². The van der Waals surface area contributed by atoms with Gasteiger partial charge in [-0.15, -0.1) is 0 Å². The third kappa shape index (κ3) is 3.27. The molecule has 0 bridgehead atoms. The average Bonchev–Trinajstić information content (AvgIpc) is 2.75. The van der Waals surface area contributed by atoms with E-state index in [2.05, 4.69) is 10.3 Å². The lowest BCUT2D eigenvalue weighted by molar-refractivity contribution is -0.137. The van der Waals surface area contributed by atoms with E-state index < -0.39 is 17.8 Å². The second-order valence-electron chi connectivity index (χ2n) is 4.34. The van der Waals surface area contributed by atoms with Gasteiger partial charge in [-0.05, 0) is 18.6 Å². The van der Waals surface area contributed by atoms with Crippen LogP contribution in [0.2, 0.25) is 0 Å². The molecule has 0 spiro atoms. The van der Waals surface area contributed by atoms with Crippen molar-refractivity contribution in [1.82, 2.24) is 10.3 Å². The Morgan fingerprint density at radius 3 is 2.74 bits per heavy atom. The molecule has 8 heteroatoms. The summed E-state index contributed by atoms with van der Waals surface area (Å²) in [7, 11) is 0. The quantitative estimate of drug-likeness (QED) is 0.855. The minimum atomic E-state index is -4.38. The highest BCUT2D eigenvalue weighted by molar-refractivity contribution is 5.72. The minimum Gasteiger partial charge on any atom is -0.354 e. The smallest absolute Gasteiger partial charge is 0.354 e. The Morgan fingerprint density at radius 2 is 2.21 bits per heavy atom. The van der Waals surface area contributed by atoms with E-state index in [-0.39, 0.29) is 6.04 Å². The number of hydrogen-bond acceptors (Lipinski definition) is 3. The van der Waals surface area contributed by atoms with Crippen molar-refractivity contribution in [2.75, 3.05) is 18.0 Å². The number of halogens is 3. The van der Waals surface area contributed by atoms with E-state index in [9.17, 15) is 18.0 Å². The van der Waals surface area contributed by atoms with Gasteiger partial charge < -0.3 is 16.0 Å². The number of nitrogens with one attached hydrogen (secondary N) is 1. The van der Waals surface area contributed by atoms with E-state index in [1.807, 2.05) is 0 Å². The van der Waals surface area contributed by atoms with Crippen LogP contribution in [-0.2, 0) is 6.18 Å². The molecule has 1 fully saturated rings. The Labute approximate surface area is 107 Å². The predicted molar refractivity (Wildman–Crippen MR) is 62.6 cm³/mol. The van der Waals surface area contributed by atoms with Crippen LogP contribution < -0.4 is 16.0 Å². The van der Waals surface area contributed by atoms with Crippen molar-refractivity contribution in [2.24, 2.45) is 5.73 Å². The third-order valence-corrected chi connectivity index (χ3v) is 2.93. The van der Waals surface area contributed by atoms with Crippen LogP contribution in [0, 0.1) is 0 Å². The number of rotatable bonds is 2. The second-order valence-corrected chi connectivity index (χ2v) is 4.34. The highest BCUT2D eigenvalue weighted by atomic mass is 19.4. The standard InChI is InChI=1S/C11H13F3N4O/c12-11(13,14)7-1-2-9(16-5-7)18-4-3-8(6-18)17-10(15)19/h1-2,5,8H,3-4,6H2,(H3,15,17,19)/t8-/m1/s1. The molecule has 1 saturated heterocycles. The normalized spacial score (nSPS) is 19.5. The highest BCUT2D eigenvalue weighted by Crippen LogP contribution is 2.29. The summed E-state index contributed by atoms with van der Waals surface area (Å²) in [5.74, 6) is 0.460. The van der Waals surface area contributed by atoms with Gasteiger partial charge in [0.15, 0.2) is 0 Å². The number of alkyl halides is 3. The third-order valence-electron chi connectivity index (χ3n) is 2.93. The Morgan fingerprint density at radius 1 is 1.47 bits per heavy atom. The van der Waals surface area contributed by atoms with Crippen molar-refractivity contribution in [3.8, 4) is 0 Å². The number of carbonyl (C=O) groups excluding carboxylic acids is 1. The SMILES string of the molecule is NC(=O)N[C@@H]1CCN(c2ccc(C(F)(F)F)cn2)C1. The number of nitrogens with two attached hydrogens (primary N) is 1. The molecule has 1 aromatic heterocycles. The van der Waals surface area contributed by atoms with Crippen molar-refractivity contribution in [2.45, 2.75) is 18.6 Å². The van der Waals surface area contributed by atoms with Crippen LogP contribution in [0.1, 0.15) is 12.0 Å². The fraction of sp³-hybridized carbons (Fsp3) is 0.455. The maximum Gasteiger partial charge on any atom is 0.417 e. The summed E-state index contributed by atoms with van der Waals surface area (Å²) in [5, 5.41) is 2.57. The number of pyridine rings is 1. The van der Waals surface area contributed by atoms with Gasteiger partial charge in [-0.2, -0.15) is 13.2 Å². The summed E-state index contributed by atoms with van der Waals surface area (Å²) in [6.45, 7) is 1.10. The first-order valence-electron chi connectivity index (χ1n) is 5.70. The largest absolute Gasteiger partial charge is 0.417 e. The van der Waals surface area contributed by atoms with Gasteiger partial charge in [-0.1, -0.05) is 0 Å². The first-order valence-corrected chi connectivity index (χ1v) is 5.70. The Bertz CT molecular complexity index is 460. The lowest BCUT2D eigenvalue weighted by atomic mass is 10.2. The van der Waals surface area contributed by atoms with Crippen LogP contribution in [-0.4, -0.2) is 30.1 Å². The Kier molecular flexibility index (Phi) is 3.50. The summed E-state index contributed by atoms with van der Waals surface area (Å²) in [6.07, 6.45) is -2.89. The van der Waals surface area contributed by atoms with Crippen LogP contribution >= 0.6 is 0 Å². The lowest BCUT2D eigenvalue weighted by Gasteiger charge is -2.18. The summed E-state index contributed by atoms with van der Waals surface area (Å²) in [6, 6.07) is 1.63. The molecule has 0 radical (unpaired) electrons. The fourth-order valence-electron chi connectivity index (χ4n) is 2.03. The number of urea groups is 1. The van der Waals surface area contributed by atoms with Crippen LogP contribution in [0.3, 0.4) is 0 Å².